The second kappa shape index (κ2) is 3.29. The predicted octanol–water partition coefficient (Wildman–Crippen LogP) is 2.16. The van der Waals surface area contributed by atoms with Crippen molar-refractivity contribution in [1.82, 2.24) is 9.78 Å². The Kier molecular flexibility index (Phi) is 2.11. The van der Waals surface area contributed by atoms with E-state index in [9.17, 15) is 0 Å². The van der Waals surface area contributed by atoms with Crippen LogP contribution in [0.15, 0.2) is 5.38 Å². The van der Waals surface area contributed by atoms with Crippen molar-refractivity contribution in [2.45, 2.75) is 19.6 Å². The van der Waals surface area contributed by atoms with Gasteiger partial charge in [0.15, 0.2) is 0 Å². The van der Waals surface area contributed by atoms with Crippen LogP contribution in [0.4, 0.5) is 0 Å². The first-order valence-electron chi connectivity index (χ1n) is 5.31. The molecule has 5 heteroatoms. The Morgan fingerprint density at radius 3 is 2.81 bits per heavy atom. The van der Waals surface area contributed by atoms with Gasteiger partial charge in [-0.25, -0.2) is 0 Å². The van der Waals surface area contributed by atoms with Crippen molar-refractivity contribution in [3.05, 3.63) is 16.6 Å². The predicted molar refractivity (Wildman–Crippen MR) is 62.6 cm³/mol. The molecule has 0 spiro atoms. The third-order valence-corrected chi connectivity index (χ3v) is 4.09. The largest absolute Gasteiger partial charge is 0.342 e. The van der Waals surface area contributed by atoms with Crippen molar-refractivity contribution in [3.8, 4) is 0 Å². The van der Waals surface area contributed by atoms with Crippen LogP contribution < -0.4 is 0 Å². The zero-order valence-electron chi connectivity index (χ0n) is 9.61. The van der Waals surface area contributed by atoms with Crippen LogP contribution in [0, 0.1) is 6.92 Å². The van der Waals surface area contributed by atoms with Gasteiger partial charge in [-0.3, -0.25) is 4.68 Å². The molecule has 0 N–H and O–H groups in total. The lowest BCUT2D eigenvalue weighted by Gasteiger charge is -2.22. The molecule has 1 fully saturated rings. The number of rotatable bonds is 1. The van der Waals surface area contributed by atoms with Crippen molar-refractivity contribution >= 4 is 21.6 Å². The van der Waals surface area contributed by atoms with Gasteiger partial charge in [0.1, 0.15) is 11.2 Å². The zero-order chi connectivity index (χ0) is 11.3. The van der Waals surface area contributed by atoms with Crippen LogP contribution in [0.25, 0.3) is 10.2 Å². The molecule has 16 heavy (non-hydrogen) atoms. The Bertz CT molecular complexity index is 537. The third-order valence-electron chi connectivity index (χ3n) is 3.00. The lowest BCUT2D eigenvalue weighted by atomic mass is 10.2. The van der Waals surface area contributed by atoms with Gasteiger partial charge in [0.05, 0.1) is 17.9 Å². The second-order valence-corrected chi connectivity index (χ2v) is 5.09. The Morgan fingerprint density at radius 2 is 2.12 bits per heavy atom. The summed E-state index contributed by atoms with van der Waals surface area (Å²) in [5.74, 6) is -0.638. The van der Waals surface area contributed by atoms with Gasteiger partial charge in [-0.1, -0.05) is 0 Å². The molecule has 0 saturated carbocycles. The van der Waals surface area contributed by atoms with Crippen LogP contribution in [0.1, 0.15) is 18.2 Å². The van der Waals surface area contributed by atoms with Gasteiger partial charge >= 0.3 is 0 Å². The molecule has 86 valence electrons. The molecule has 0 amide bonds. The maximum absolute atomic E-state index is 5.71. The van der Waals surface area contributed by atoms with E-state index in [4.69, 9.17) is 9.47 Å². The van der Waals surface area contributed by atoms with Gasteiger partial charge in [-0.15, -0.1) is 11.3 Å². The van der Waals surface area contributed by atoms with Crippen LogP contribution in [-0.2, 0) is 22.3 Å². The minimum Gasteiger partial charge on any atom is -0.342 e. The van der Waals surface area contributed by atoms with Crippen LogP contribution in [0.2, 0.25) is 0 Å². The molecule has 0 aromatic carbocycles. The van der Waals surface area contributed by atoms with E-state index in [1.807, 2.05) is 18.7 Å². The highest BCUT2D eigenvalue weighted by atomic mass is 32.1. The topological polar surface area (TPSA) is 36.3 Å². The van der Waals surface area contributed by atoms with Crippen molar-refractivity contribution < 1.29 is 9.47 Å². The van der Waals surface area contributed by atoms with E-state index in [0.29, 0.717) is 13.2 Å². The fourth-order valence-electron chi connectivity index (χ4n) is 2.23. The lowest BCUT2D eigenvalue weighted by Crippen LogP contribution is -2.25. The maximum Gasteiger partial charge on any atom is 0.210 e. The molecule has 1 saturated heterocycles. The highest BCUT2D eigenvalue weighted by molar-refractivity contribution is 7.17. The molecule has 3 rings (SSSR count). The van der Waals surface area contributed by atoms with Crippen molar-refractivity contribution in [2.24, 2.45) is 7.05 Å². The van der Waals surface area contributed by atoms with E-state index in [-0.39, 0.29) is 0 Å². The van der Waals surface area contributed by atoms with E-state index in [1.165, 1.54) is 10.3 Å². The number of nitrogens with zero attached hydrogens (tertiary/aromatic N) is 2. The number of thiophene rings is 1. The van der Waals surface area contributed by atoms with E-state index < -0.39 is 5.79 Å². The minimum atomic E-state index is -0.638. The molecular formula is C11H14N2O2S. The number of aryl methyl sites for hydroxylation is 2. The molecule has 2 aromatic rings. The van der Waals surface area contributed by atoms with Gasteiger partial charge in [-0.05, 0) is 24.8 Å². The minimum absolute atomic E-state index is 0.638. The first kappa shape index (κ1) is 10.3. The summed E-state index contributed by atoms with van der Waals surface area (Å²) in [6, 6.07) is 0. The van der Waals surface area contributed by atoms with Crippen LogP contribution >= 0.6 is 11.3 Å². The number of fused-ring (bicyclic) bond motifs is 1. The van der Waals surface area contributed by atoms with Crippen LogP contribution in [-0.4, -0.2) is 23.0 Å². The van der Waals surface area contributed by atoms with Gasteiger partial charge in [0, 0.05) is 7.05 Å². The van der Waals surface area contributed by atoms with E-state index in [2.05, 4.69) is 17.4 Å². The van der Waals surface area contributed by atoms with E-state index in [1.54, 1.807) is 11.3 Å². The average molecular weight is 238 g/mol. The Labute approximate surface area is 97.8 Å². The summed E-state index contributed by atoms with van der Waals surface area (Å²) in [5, 5.41) is 6.65. The summed E-state index contributed by atoms with van der Waals surface area (Å²) in [5.41, 5.74) is 3.30. The quantitative estimate of drug-likeness (QED) is 0.764. The first-order chi connectivity index (χ1) is 7.62. The molecule has 0 bridgehead atoms. The molecule has 0 radical (unpaired) electrons. The van der Waals surface area contributed by atoms with Gasteiger partial charge in [0.2, 0.25) is 5.79 Å². The standard InChI is InChI=1S/C11H14N2O2S/c1-7-6-16-9-8(7)12-13(3)10(9)11(2)14-4-5-15-11/h6H,4-5H2,1-3H3. The highest BCUT2D eigenvalue weighted by Gasteiger charge is 2.38. The van der Waals surface area contributed by atoms with Crippen LogP contribution in [0.3, 0.4) is 0 Å². The molecule has 2 aromatic heterocycles. The molecule has 0 atom stereocenters. The molecule has 3 heterocycles. The summed E-state index contributed by atoms with van der Waals surface area (Å²) >= 11 is 1.70. The number of hydrogen-bond donors (Lipinski definition) is 0. The van der Waals surface area contributed by atoms with Crippen molar-refractivity contribution in [1.29, 1.82) is 0 Å². The van der Waals surface area contributed by atoms with Gasteiger partial charge < -0.3 is 9.47 Å². The van der Waals surface area contributed by atoms with E-state index in [0.717, 1.165) is 11.2 Å². The molecule has 4 nitrogen and oxygen atoms in total. The molecule has 1 aliphatic rings. The van der Waals surface area contributed by atoms with Crippen LogP contribution in [0.5, 0.6) is 0 Å². The fourth-order valence-corrected chi connectivity index (χ4v) is 3.38. The second-order valence-electron chi connectivity index (χ2n) is 4.21. The number of hydrogen-bond acceptors (Lipinski definition) is 4. The molecule has 0 unspecified atom stereocenters. The third kappa shape index (κ3) is 1.25. The molecule has 1 aliphatic heterocycles. The fraction of sp³-hybridized carbons (Fsp3) is 0.545. The highest BCUT2D eigenvalue weighted by Crippen LogP contribution is 2.38. The van der Waals surface area contributed by atoms with Gasteiger partial charge in [-0.2, -0.15) is 5.10 Å². The Balaban J connectivity index is 2.25. The average Bonchev–Trinajstić information content (AvgIpc) is 2.86. The monoisotopic (exact) mass is 238 g/mol. The number of aromatic nitrogens is 2. The number of ether oxygens (including phenoxy) is 2. The lowest BCUT2D eigenvalue weighted by molar-refractivity contribution is -0.153. The van der Waals surface area contributed by atoms with Crippen molar-refractivity contribution in [3.63, 3.8) is 0 Å². The Morgan fingerprint density at radius 1 is 1.44 bits per heavy atom. The SMILES string of the molecule is Cc1csc2c(C3(C)OCCO3)n(C)nc12. The summed E-state index contributed by atoms with van der Waals surface area (Å²) in [4.78, 5) is 0. The maximum atomic E-state index is 5.71. The summed E-state index contributed by atoms with van der Waals surface area (Å²) in [6.45, 7) is 5.33. The van der Waals surface area contributed by atoms with E-state index >= 15 is 0 Å². The Hall–Kier alpha value is -0.910. The normalized spacial score (nSPS) is 19.7. The summed E-state index contributed by atoms with van der Waals surface area (Å²) in [7, 11) is 1.94. The smallest absolute Gasteiger partial charge is 0.210 e. The van der Waals surface area contributed by atoms with Crippen molar-refractivity contribution in [2.75, 3.05) is 13.2 Å². The summed E-state index contributed by atoms with van der Waals surface area (Å²) < 4.78 is 14.5. The molecule has 0 aliphatic carbocycles. The van der Waals surface area contributed by atoms with Gasteiger partial charge in [0.25, 0.3) is 0 Å². The summed E-state index contributed by atoms with van der Waals surface area (Å²) in [6.07, 6.45) is 0. The molecular weight excluding hydrogens is 224 g/mol. The first-order valence-corrected chi connectivity index (χ1v) is 6.19. The zero-order valence-corrected chi connectivity index (χ0v) is 10.4.